The Morgan fingerprint density at radius 1 is 0.952 bits per heavy atom. The van der Waals surface area contributed by atoms with Gasteiger partial charge in [0.2, 0.25) is 0 Å². The SMILES string of the molecule is C[NH+](C)Cc1cc(C[NH+](C)C)c(O)c(-c2ccccc2)n1. The number of rotatable bonds is 5. The second-order valence-corrected chi connectivity index (χ2v) is 6.10. The molecule has 0 radical (unpaired) electrons. The lowest BCUT2D eigenvalue weighted by molar-refractivity contribution is -0.873. The Bertz CT molecular complexity index is 594. The molecule has 4 heteroatoms. The normalized spacial score (nSPS) is 11.3. The average molecular weight is 287 g/mol. The van der Waals surface area contributed by atoms with Crippen molar-refractivity contribution in [3.8, 4) is 17.0 Å². The zero-order valence-corrected chi connectivity index (χ0v) is 13.3. The molecule has 1 aromatic heterocycles. The lowest BCUT2D eigenvalue weighted by atomic mass is 10.1. The van der Waals surface area contributed by atoms with Gasteiger partial charge in [-0.15, -0.1) is 0 Å². The maximum absolute atomic E-state index is 10.6. The zero-order valence-electron chi connectivity index (χ0n) is 13.3. The molecule has 0 aliphatic heterocycles. The highest BCUT2D eigenvalue weighted by atomic mass is 16.3. The Labute approximate surface area is 126 Å². The smallest absolute Gasteiger partial charge is 0.150 e. The molecule has 21 heavy (non-hydrogen) atoms. The number of aromatic nitrogens is 1. The third kappa shape index (κ3) is 4.03. The lowest BCUT2D eigenvalue weighted by Crippen LogP contribution is -3.04. The van der Waals surface area contributed by atoms with Gasteiger partial charge in [0.1, 0.15) is 18.8 Å². The Hall–Kier alpha value is -1.91. The van der Waals surface area contributed by atoms with Gasteiger partial charge in [0.05, 0.1) is 39.4 Å². The molecule has 2 aromatic rings. The van der Waals surface area contributed by atoms with Crippen LogP contribution < -0.4 is 9.80 Å². The van der Waals surface area contributed by atoms with E-state index in [9.17, 15) is 5.11 Å². The standard InChI is InChI=1S/C17H23N3O/c1-19(2)11-14-10-15(12-20(3)4)18-16(17(14)21)13-8-6-5-7-9-13/h5-10,21H,11-12H2,1-4H3/p+2. The predicted octanol–water partition coefficient (Wildman–Crippen LogP) is -0.257. The van der Waals surface area contributed by atoms with Crippen LogP contribution in [-0.4, -0.2) is 38.3 Å². The van der Waals surface area contributed by atoms with E-state index in [1.54, 1.807) is 0 Å². The number of benzene rings is 1. The van der Waals surface area contributed by atoms with E-state index in [1.165, 1.54) is 9.80 Å². The maximum Gasteiger partial charge on any atom is 0.150 e. The topological polar surface area (TPSA) is 42.0 Å². The van der Waals surface area contributed by atoms with Crippen molar-refractivity contribution in [3.05, 3.63) is 47.7 Å². The summed E-state index contributed by atoms with van der Waals surface area (Å²) in [6, 6.07) is 11.9. The third-order valence-corrected chi connectivity index (χ3v) is 3.25. The molecule has 0 fully saturated rings. The van der Waals surface area contributed by atoms with Crippen molar-refractivity contribution in [1.82, 2.24) is 4.98 Å². The fourth-order valence-electron chi connectivity index (χ4n) is 2.42. The minimum absolute atomic E-state index is 0.305. The highest BCUT2D eigenvalue weighted by molar-refractivity contribution is 5.67. The summed E-state index contributed by atoms with van der Waals surface area (Å²) in [5, 5.41) is 10.6. The van der Waals surface area contributed by atoms with E-state index in [0.717, 1.165) is 29.9 Å². The molecule has 0 saturated carbocycles. The highest BCUT2D eigenvalue weighted by Gasteiger charge is 2.16. The molecule has 0 saturated heterocycles. The Balaban J connectivity index is 2.51. The van der Waals surface area contributed by atoms with Gasteiger partial charge in [-0.1, -0.05) is 30.3 Å². The van der Waals surface area contributed by atoms with Crippen molar-refractivity contribution < 1.29 is 14.9 Å². The number of pyridine rings is 1. The Kier molecular flexibility index (Phi) is 4.94. The molecule has 1 heterocycles. The number of aromatic hydroxyl groups is 1. The van der Waals surface area contributed by atoms with Crippen molar-refractivity contribution in [2.24, 2.45) is 0 Å². The summed E-state index contributed by atoms with van der Waals surface area (Å²) < 4.78 is 0. The molecule has 0 unspecified atom stereocenters. The van der Waals surface area contributed by atoms with Gasteiger partial charge in [-0.3, -0.25) is 0 Å². The fourth-order valence-corrected chi connectivity index (χ4v) is 2.42. The summed E-state index contributed by atoms with van der Waals surface area (Å²) in [5.74, 6) is 0.305. The largest absolute Gasteiger partial charge is 0.505 e. The molecule has 4 nitrogen and oxygen atoms in total. The summed E-state index contributed by atoms with van der Waals surface area (Å²) in [5.41, 5.74) is 3.62. The first kappa shape index (κ1) is 15.5. The highest BCUT2D eigenvalue weighted by Crippen LogP contribution is 2.30. The van der Waals surface area contributed by atoms with E-state index in [1.807, 2.05) is 36.4 Å². The first-order valence-corrected chi connectivity index (χ1v) is 7.32. The predicted molar refractivity (Wildman–Crippen MR) is 84.4 cm³/mol. The third-order valence-electron chi connectivity index (χ3n) is 3.25. The number of nitrogens with zero attached hydrogens (tertiary/aromatic N) is 1. The number of hydrogen-bond acceptors (Lipinski definition) is 2. The first-order chi connectivity index (χ1) is 9.97. The van der Waals surface area contributed by atoms with E-state index >= 15 is 0 Å². The fraction of sp³-hybridized carbons (Fsp3) is 0.353. The number of hydrogen-bond donors (Lipinski definition) is 3. The van der Waals surface area contributed by atoms with Crippen molar-refractivity contribution in [2.75, 3.05) is 28.2 Å². The van der Waals surface area contributed by atoms with E-state index < -0.39 is 0 Å². The molecule has 0 aliphatic carbocycles. The summed E-state index contributed by atoms with van der Waals surface area (Å²) in [4.78, 5) is 7.26. The summed E-state index contributed by atoms with van der Waals surface area (Å²) in [6.45, 7) is 1.62. The molecule has 0 amide bonds. The minimum Gasteiger partial charge on any atom is -0.505 e. The Morgan fingerprint density at radius 2 is 1.57 bits per heavy atom. The van der Waals surface area contributed by atoms with Crippen LogP contribution in [-0.2, 0) is 13.1 Å². The van der Waals surface area contributed by atoms with Crippen LogP contribution >= 0.6 is 0 Å². The van der Waals surface area contributed by atoms with Crippen LogP contribution in [0.15, 0.2) is 36.4 Å². The summed E-state index contributed by atoms with van der Waals surface area (Å²) >= 11 is 0. The monoisotopic (exact) mass is 287 g/mol. The Morgan fingerprint density at radius 3 is 2.14 bits per heavy atom. The molecule has 0 spiro atoms. The van der Waals surface area contributed by atoms with E-state index in [-0.39, 0.29) is 0 Å². The van der Waals surface area contributed by atoms with E-state index in [4.69, 9.17) is 0 Å². The van der Waals surface area contributed by atoms with Crippen LogP contribution in [0.25, 0.3) is 11.3 Å². The van der Waals surface area contributed by atoms with Gasteiger partial charge in [0.25, 0.3) is 0 Å². The quantitative estimate of drug-likeness (QED) is 0.709. The molecule has 0 bridgehead atoms. The molecule has 1 aromatic carbocycles. The van der Waals surface area contributed by atoms with Crippen LogP contribution in [0.2, 0.25) is 0 Å². The first-order valence-electron chi connectivity index (χ1n) is 7.32. The van der Waals surface area contributed by atoms with Gasteiger partial charge >= 0.3 is 0 Å². The van der Waals surface area contributed by atoms with Crippen molar-refractivity contribution >= 4 is 0 Å². The van der Waals surface area contributed by atoms with Gasteiger partial charge < -0.3 is 14.9 Å². The number of quaternary nitrogens is 2. The van der Waals surface area contributed by atoms with E-state index in [0.29, 0.717) is 11.4 Å². The molecule has 0 atom stereocenters. The lowest BCUT2D eigenvalue weighted by Gasteiger charge is -2.15. The van der Waals surface area contributed by atoms with E-state index in [2.05, 4.69) is 33.2 Å². The van der Waals surface area contributed by atoms with Gasteiger partial charge in [-0.25, -0.2) is 4.98 Å². The van der Waals surface area contributed by atoms with Crippen molar-refractivity contribution in [3.63, 3.8) is 0 Å². The van der Waals surface area contributed by atoms with Crippen molar-refractivity contribution in [2.45, 2.75) is 13.1 Å². The number of nitrogens with one attached hydrogen (secondary N) is 2. The molecule has 0 aliphatic rings. The van der Waals surface area contributed by atoms with Crippen LogP contribution in [0.1, 0.15) is 11.3 Å². The zero-order chi connectivity index (χ0) is 15.4. The second-order valence-electron chi connectivity index (χ2n) is 6.10. The van der Waals surface area contributed by atoms with Crippen LogP contribution in [0.5, 0.6) is 5.75 Å². The van der Waals surface area contributed by atoms with Gasteiger partial charge in [0.15, 0.2) is 5.75 Å². The van der Waals surface area contributed by atoms with Crippen molar-refractivity contribution in [1.29, 1.82) is 0 Å². The molecule has 3 N–H and O–H groups in total. The molecule has 112 valence electrons. The van der Waals surface area contributed by atoms with Gasteiger partial charge in [0, 0.05) is 5.56 Å². The average Bonchev–Trinajstić information content (AvgIpc) is 2.42. The van der Waals surface area contributed by atoms with Crippen LogP contribution in [0.4, 0.5) is 0 Å². The van der Waals surface area contributed by atoms with Gasteiger partial charge in [-0.2, -0.15) is 0 Å². The molecule has 2 rings (SSSR count). The molecular formula is C17H25N3O+2. The maximum atomic E-state index is 10.6. The second kappa shape index (κ2) is 6.70. The van der Waals surface area contributed by atoms with Crippen LogP contribution in [0, 0.1) is 0 Å². The van der Waals surface area contributed by atoms with Crippen LogP contribution in [0.3, 0.4) is 0 Å². The summed E-state index contributed by atoms with van der Waals surface area (Å²) in [7, 11) is 8.37. The molecular weight excluding hydrogens is 262 g/mol. The van der Waals surface area contributed by atoms with Gasteiger partial charge in [-0.05, 0) is 6.07 Å². The minimum atomic E-state index is 0.305. The summed E-state index contributed by atoms with van der Waals surface area (Å²) in [6.07, 6.45) is 0.